The minimum Gasteiger partial charge on any atom is -0.350 e. The highest BCUT2D eigenvalue weighted by molar-refractivity contribution is 6.42. The van der Waals surface area contributed by atoms with Crippen molar-refractivity contribution in [2.75, 3.05) is 0 Å². The van der Waals surface area contributed by atoms with E-state index < -0.39 is 23.3 Å². The van der Waals surface area contributed by atoms with E-state index in [2.05, 4.69) is 5.32 Å². The molecule has 0 bridgehead atoms. The Morgan fingerprint density at radius 1 is 0.889 bits per heavy atom. The average molecular weight is 550 g/mol. The van der Waals surface area contributed by atoms with Crippen molar-refractivity contribution >= 4 is 46.6 Å². The number of carbonyl (C=O) groups is 2. The van der Waals surface area contributed by atoms with E-state index in [1.54, 1.807) is 18.2 Å². The molecule has 0 spiro atoms. The SMILES string of the molecule is CC(C)(C)NC(=O)[C@H](Cc1ccccc1)N(Cc1ccc(Cl)c(Cl)c1)C(=O)Cc1c(F)cccc1Cl. The van der Waals surface area contributed by atoms with E-state index in [1.807, 2.05) is 51.1 Å². The lowest BCUT2D eigenvalue weighted by Crippen LogP contribution is -2.54. The number of hydrogen-bond donors (Lipinski definition) is 1. The molecule has 1 N–H and O–H groups in total. The molecule has 0 saturated heterocycles. The molecule has 3 aromatic carbocycles. The van der Waals surface area contributed by atoms with Crippen LogP contribution in [0.5, 0.6) is 0 Å². The molecule has 2 amide bonds. The molecule has 0 aromatic heterocycles. The van der Waals surface area contributed by atoms with Crippen LogP contribution in [0.4, 0.5) is 4.39 Å². The first-order chi connectivity index (χ1) is 16.9. The second kappa shape index (κ2) is 12.1. The van der Waals surface area contributed by atoms with E-state index in [9.17, 15) is 14.0 Å². The van der Waals surface area contributed by atoms with E-state index in [0.29, 0.717) is 15.6 Å². The highest BCUT2D eigenvalue weighted by Crippen LogP contribution is 2.26. The Balaban J connectivity index is 2.05. The van der Waals surface area contributed by atoms with Gasteiger partial charge in [-0.05, 0) is 56.2 Å². The van der Waals surface area contributed by atoms with Crippen LogP contribution >= 0.6 is 34.8 Å². The number of halogens is 4. The van der Waals surface area contributed by atoms with Gasteiger partial charge in [0.15, 0.2) is 0 Å². The first-order valence-corrected chi connectivity index (χ1v) is 12.6. The van der Waals surface area contributed by atoms with E-state index in [1.165, 1.54) is 23.1 Å². The first-order valence-electron chi connectivity index (χ1n) is 11.5. The van der Waals surface area contributed by atoms with Crippen molar-refractivity contribution in [1.29, 1.82) is 0 Å². The van der Waals surface area contributed by atoms with Gasteiger partial charge in [-0.3, -0.25) is 9.59 Å². The van der Waals surface area contributed by atoms with Crippen LogP contribution in [0.1, 0.15) is 37.5 Å². The summed E-state index contributed by atoms with van der Waals surface area (Å²) in [7, 11) is 0. The van der Waals surface area contributed by atoms with Crippen molar-refractivity contribution in [2.45, 2.75) is 51.7 Å². The second-order valence-corrected chi connectivity index (χ2v) is 10.8. The number of benzene rings is 3. The Morgan fingerprint density at radius 3 is 2.19 bits per heavy atom. The summed E-state index contributed by atoms with van der Waals surface area (Å²) in [5.74, 6) is -1.35. The molecule has 0 aliphatic rings. The zero-order valence-electron chi connectivity index (χ0n) is 20.3. The minimum atomic E-state index is -0.876. The van der Waals surface area contributed by atoms with Crippen LogP contribution in [-0.2, 0) is 29.0 Å². The lowest BCUT2D eigenvalue weighted by Gasteiger charge is -2.34. The van der Waals surface area contributed by atoms with Crippen LogP contribution in [0, 0.1) is 5.82 Å². The Bertz CT molecular complexity index is 1210. The molecule has 0 heterocycles. The van der Waals surface area contributed by atoms with Crippen LogP contribution < -0.4 is 5.32 Å². The zero-order valence-corrected chi connectivity index (χ0v) is 22.6. The molecule has 8 heteroatoms. The normalized spacial score (nSPS) is 12.2. The van der Waals surface area contributed by atoms with Gasteiger partial charge in [-0.15, -0.1) is 0 Å². The number of amides is 2. The standard InChI is InChI=1S/C28H28Cl3FN2O2/c1-28(2,3)33-27(36)25(15-18-8-5-4-6-9-18)34(17-19-12-13-22(30)23(31)14-19)26(35)16-20-21(29)10-7-11-24(20)32/h4-14,25H,15-17H2,1-3H3,(H,33,36)/t25-/m0/s1. The molecule has 0 saturated carbocycles. The van der Waals surface area contributed by atoms with Crippen molar-refractivity contribution in [2.24, 2.45) is 0 Å². The topological polar surface area (TPSA) is 49.4 Å². The van der Waals surface area contributed by atoms with Crippen molar-refractivity contribution in [3.63, 3.8) is 0 Å². The van der Waals surface area contributed by atoms with Crippen LogP contribution in [0.25, 0.3) is 0 Å². The van der Waals surface area contributed by atoms with Gasteiger partial charge in [0, 0.05) is 29.1 Å². The van der Waals surface area contributed by atoms with Gasteiger partial charge in [-0.25, -0.2) is 4.39 Å². The van der Waals surface area contributed by atoms with Gasteiger partial charge in [-0.2, -0.15) is 0 Å². The molecule has 0 aliphatic carbocycles. The van der Waals surface area contributed by atoms with Crippen molar-refractivity contribution < 1.29 is 14.0 Å². The Hall–Kier alpha value is -2.60. The zero-order chi connectivity index (χ0) is 26.5. The highest BCUT2D eigenvalue weighted by atomic mass is 35.5. The third kappa shape index (κ3) is 7.70. The molecule has 4 nitrogen and oxygen atoms in total. The monoisotopic (exact) mass is 548 g/mol. The summed E-state index contributed by atoms with van der Waals surface area (Å²) in [6.45, 7) is 5.68. The number of rotatable bonds is 8. The third-order valence-electron chi connectivity index (χ3n) is 5.50. The maximum absolute atomic E-state index is 14.6. The van der Waals surface area contributed by atoms with Gasteiger partial charge in [0.05, 0.1) is 16.5 Å². The van der Waals surface area contributed by atoms with E-state index in [-0.39, 0.29) is 35.9 Å². The third-order valence-corrected chi connectivity index (χ3v) is 6.59. The van der Waals surface area contributed by atoms with Gasteiger partial charge in [0.2, 0.25) is 11.8 Å². The summed E-state index contributed by atoms with van der Waals surface area (Å²) >= 11 is 18.5. The van der Waals surface area contributed by atoms with E-state index >= 15 is 0 Å². The Kier molecular flexibility index (Phi) is 9.40. The predicted molar refractivity (Wildman–Crippen MR) is 144 cm³/mol. The van der Waals surface area contributed by atoms with Crippen molar-refractivity contribution in [3.8, 4) is 0 Å². The second-order valence-electron chi connectivity index (χ2n) is 9.59. The molecule has 0 unspecified atom stereocenters. The summed E-state index contributed by atoms with van der Waals surface area (Å²) in [5.41, 5.74) is 1.11. The van der Waals surface area contributed by atoms with Crippen LogP contribution in [0.3, 0.4) is 0 Å². The summed E-state index contributed by atoms with van der Waals surface area (Å²) in [4.78, 5) is 28.7. The van der Waals surface area contributed by atoms with Gasteiger partial charge in [-0.1, -0.05) is 77.3 Å². The molecule has 1 atom stereocenters. The maximum atomic E-state index is 14.6. The first kappa shape index (κ1) is 28.0. The molecule has 0 fully saturated rings. The largest absolute Gasteiger partial charge is 0.350 e. The number of nitrogens with zero attached hydrogens (tertiary/aromatic N) is 1. The fourth-order valence-electron chi connectivity index (χ4n) is 3.80. The molecule has 190 valence electrons. The lowest BCUT2D eigenvalue weighted by atomic mass is 9.99. The van der Waals surface area contributed by atoms with Gasteiger partial charge in [0.1, 0.15) is 11.9 Å². The highest BCUT2D eigenvalue weighted by Gasteiger charge is 2.33. The summed E-state index contributed by atoms with van der Waals surface area (Å²) in [6, 6.07) is 17.8. The summed E-state index contributed by atoms with van der Waals surface area (Å²) in [5, 5.41) is 3.85. The molecular formula is C28H28Cl3FN2O2. The average Bonchev–Trinajstić information content (AvgIpc) is 2.80. The number of nitrogens with one attached hydrogen (secondary N) is 1. The lowest BCUT2D eigenvalue weighted by molar-refractivity contribution is -0.141. The number of carbonyl (C=O) groups excluding carboxylic acids is 2. The molecule has 3 rings (SSSR count). The molecule has 3 aromatic rings. The molecule has 0 aliphatic heterocycles. The number of hydrogen-bond acceptors (Lipinski definition) is 2. The van der Waals surface area contributed by atoms with Gasteiger partial charge < -0.3 is 10.2 Å². The quantitative estimate of drug-likeness (QED) is 0.333. The fourth-order valence-corrected chi connectivity index (χ4v) is 4.35. The molecule has 36 heavy (non-hydrogen) atoms. The van der Waals surface area contributed by atoms with Crippen LogP contribution in [-0.4, -0.2) is 28.3 Å². The van der Waals surface area contributed by atoms with Gasteiger partial charge >= 0.3 is 0 Å². The predicted octanol–water partition coefficient (Wildman–Crippen LogP) is 6.88. The summed E-state index contributed by atoms with van der Waals surface area (Å²) < 4.78 is 14.6. The summed E-state index contributed by atoms with van der Waals surface area (Å²) in [6.07, 6.45) is -0.0399. The van der Waals surface area contributed by atoms with E-state index in [4.69, 9.17) is 34.8 Å². The van der Waals surface area contributed by atoms with E-state index in [0.717, 1.165) is 5.56 Å². The smallest absolute Gasteiger partial charge is 0.243 e. The van der Waals surface area contributed by atoms with Crippen molar-refractivity contribution in [3.05, 3.63) is 104 Å². The molecular weight excluding hydrogens is 522 g/mol. The Labute approximate surface area is 226 Å². The van der Waals surface area contributed by atoms with Gasteiger partial charge in [0.25, 0.3) is 0 Å². The van der Waals surface area contributed by atoms with Crippen LogP contribution in [0.15, 0.2) is 66.7 Å². The van der Waals surface area contributed by atoms with Crippen LogP contribution in [0.2, 0.25) is 15.1 Å². The minimum absolute atomic E-state index is 0.0663. The fraction of sp³-hybridized carbons (Fsp3) is 0.286. The Morgan fingerprint density at radius 2 is 1.58 bits per heavy atom. The van der Waals surface area contributed by atoms with Crippen molar-refractivity contribution in [1.82, 2.24) is 10.2 Å². The molecule has 0 radical (unpaired) electrons. The maximum Gasteiger partial charge on any atom is 0.243 e.